The Kier molecular flexibility index (Phi) is 11.3. The van der Waals surface area contributed by atoms with Crippen LogP contribution < -0.4 is 26.0 Å². The maximum atomic E-state index is 13.8. The monoisotopic (exact) mass is 672 g/mol. The van der Waals surface area contributed by atoms with E-state index < -0.39 is 41.9 Å². The van der Waals surface area contributed by atoms with Crippen LogP contribution in [0.4, 0.5) is 0 Å². The van der Waals surface area contributed by atoms with E-state index in [1.807, 2.05) is 32.0 Å². The van der Waals surface area contributed by atoms with Crippen molar-refractivity contribution in [2.45, 2.75) is 77.5 Å². The molecular weight excluding hydrogens is 628 g/mol. The second-order valence-corrected chi connectivity index (χ2v) is 13.0. The number of aromatic nitrogens is 1. The minimum absolute atomic E-state index is 0.0593. The van der Waals surface area contributed by atoms with E-state index in [4.69, 9.17) is 9.26 Å². The molecule has 3 aliphatic heterocycles. The van der Waals surface area contributed by atoms with Crippen LogP contribution in [0.3, 0.4) is 0 Å². The van der Waals surface area contributed by atoms with Gasteiger partial charge in [0.05, 0.1) is 6.54 Å². The van der Waals surface area contributed by atoms with Gasteiger partial charge in [-0.3, -0.25) is 24.0 Å². The molecule has 4 N–H and O–H groups in total. The van der Waals surface area contributed by atoms with Crippen LogP contribution in [0.15, 0.2) is 59.1 Å². The maximum Gasteiger partial charge on any atom is 0.257 e. The predicted octanol–water partition coefficient (Wildman–Crippen LogP) is 2.53. The Morgan fingerprint density at radius 3 is 2.45 bits per heavy atom. The van der Waals surface area contributed by atoms with Crippen molar-refractivity contribution in [3.8, 4) is 17.0 Å². The molecule has 260 valence electrons. The summed E-state index contributed by atoms with van der Waals surface area (Å²) in [6.07, 6.45) is 1.62. The fraction of sp³-hybridized carbons (Fsp3) is 0.444. The Bertz CT molecular complexity index is 1660. The number of fused-ring (bicyclic) bond motifs is 14. The molecule has 13 heteroatoms. The first kappa shape index (κ1) is 35.1. The summed E-state index contributed by atoms with van der Waals surface area (Å²) in [5, 5.41) is 15.4. The van der Waals surface area contributed by atoms with Crippen molar-refractivity contribution in [2.75, 3.05) is 19.7 Å². The summed E-state index contributed by atoms with van der Waals surface area (Å²) in [7, 11) is 0. The number of amides is 5. The first-order valence-electron chi connectivity index (χ1n) is 16.7. The molecule has 4 heterocycles. The number of rotatable bonds is 5. The van der Waals surface area contributed by atoms with Gasteiger partial charge in [0.2, 0.25) is 23.6 Å². The van der Waals surface area contributed by atoms with Gasteiger partial charge in [-0.05, 0) is 56.7 Å². The van der Waals surface area contributed by atoms with Crippen molar-refractivity contribution in [3.63, 3.8) is 0 Å². The van der Waals surface area contributed by atoms with E-state index >= 15 is 0 Å². The maximum absolute atomic E-state index is 13.8. The fourth-order valence-corrected chi connectivity index (χ4v) is 6.16. The molecule has 1 fully saturated rings. The van der Waals surface area contributed by atoms with E-state index in [2.05, 4.69) is 26.4 Å². The molecule has 49 heavy (non-hydrogen) atoms. The zero-order valence-electron chi connectivity index (χ0n) is 28.3. The lowest BCUT2D eigenvalue weighted by Crippen LogP contribution is -2.58. The number of hydrogen-bond donors (Lipinski definition) is 4. The number of carbonyl (C=O) groups is 5. The van der Waals surface area contributed by atoms with Crippen molar-refractivity contribution in [2.24, 2.45) is 5.92 Å². The van der Waals surface area contributed by atoms with Gasteiger partial charge >= 0.3 is 0 Å². The average Bonchev–Trinajstić information content (AvgIpc) is 3.73. The van der Waals surface area contributed by atoms with Crippen LogP contribution >= 0.6 is 0 Å². The van der Waals surface area contributed by atoms with Crippen LogP contribution in [0.5, 0.6) is 5.75 Å². The molecule has 0 spiro atoms. The zero-order valence-corrected chi connectivity index (χ0v) is 28.3. The van der Waals surface area contributed by atoms with Crippen molar-refractivity contribution in [1.29, 1.82) is 0 Å². The third kappa shape index (κ3) is 8.64. The van der Waals surface area contributed by atoms with Gasteiger partial charge in [0.1, 0.15) is 53.5 Å². The molecule has 0 radical (unpaired) electrons. The highest BCUT2D eigenvalue weighted by atomic mass is 16.5. The molecule has 6 rings (SSSR count). The van der Waals surface area contributed by atoms with Gasteiger partial charge in [-0.2, -0.15) is 0 Å². The highest BCUT2D eigenvalue weighted by molar-refractivity contribution is 6.03. The minimum atomic E-state index is -1.09. The Labute approximate surface area is 285 Å². The van der Waals surface area contributed by atoms with Gasteiger partial charge in [-0.25, -0.2) is 0 Å². The summed E-state index contributed by atoms with van der Waals surface area (Å²) in [6.45, 7) is 7.87. The second-order valence-electron chi connectivity index (χ2n) is 13.0. The molecule has 3 aromatic rings. The van der Waals surface area contributed by atoms with Gasteiger partial charge in [-0.1, -0.05) is 61.5 Å². The van der Waals surface area contributed by atoms with Crippen LogP contribution in [0.25, 0.3) is 11.3 Å². The minimum Gasteiger partial charge on any atom is -0.492 e. The molecule has 4 atom stereocenters. The number of ether oxygens (including phenoxy) is 1. The predicted molar refractivity (Wildman–Crippen MR) is 180 cm³/mol. The normalized spacial score (nSPS) is 22.5. The lowest BCUT2D eigenvalue weighted by atomic mass is 10.0. The van der Waals surface area contributed by atoms with Crippen LogP contribution in [-0.4, -0.2) is 83.5 Å². The lowest BCUT2D eigenvalue weighted by Gasteiger charge is -2.30. The van der Waals surface area contributed by atoms with Gasteiger partial charge in [0.25, 0.3) is 5.91 Å². The summed E-state index contributed by atoms with van der Waals surface area (Å²) < 4.78 is 11.2. The van der Waals surface area contributed by atoms with Crippen molar-refractivity contribution < 1.29 is 33.2 Å². The standard InChI is InChI=1S/C36H44N6O7/c1-21(2)19-28-36(47)42-17-8-11-29(42)34(45)37-16-18-48-26-14-12-24(13-15-26)20-27(33(44)38-22(3)32(43)40-28)39-35(46)30-23(4)49-41-31(30)25-9-6-5-7-10-25/h5-7,9-10,12-15,21-22,27-29H,8,11,16-20H2,1-4H3,(H,37,45)(H,38,44)(H,39,46)(H,40,43)/t22-,27+,28+,29-/m1/s1. The Hall–Kier alpha value is -5.20. The van der Waals surface area contributed by atoms with E-state index in [1.54, 1.807) is 43.3 Å². The van der Waals surface area contributed by atoms with Crippen molar-refractivity contribution in [3.05, 3.63) is 71.5 Å². The molecule has 2 bridgehead atoms. The molecule has 13 nitrogen and oxygen atoms in total. The number of carbonyl (C=O) groups excluding carboxylic acids is 5. The number of nitrogens with one attached hydrogen (secondary N) is 4. The van der Waals surface area contributed by atoms with Crippen molar-refractivity contribution in [1.82, 2.24) is 31.3 Å². The third-order valence-electron chi connectivity index (χ3n) is 8.70. The smallest absolute Gasteiger partial charge is 0.257 e. The number of hydrogen-bond acceptors (Lipinski definition) is 8. The molecular formula is C36H44N6O7. The SMILES string of the molecule is Cc1onc(-c2ccccc2)c1C(=O)N[C@H]1Cc2ccc(cc2)OCCNC(=O)[C@H]2CCCN2C(=O)[C@H](CC(C)C)NC(=O)[C@@H](C)NC1=O. The number of aryl methyl sites for hydroxylation is 1. The molecule has 2 aromatic carbocycles. The van der Waals surface area contributed by atoms with E-state index in [0.29, 0.717) is 42.8 Å². The summed E-state index contributed by atoms with van der Waals surface area (Å²) in [5.41, 5.74) is 1.94. The Balaban J connectivity index is 1.42. The lowest BCUT2D eigenvalue weighted by molar-refractivity contribution is -0.142. The van der Waals surface area contributed by atoms with Gasteiger partial charge < -0.3 is 35.4 Å². The summed E-state index contributed by atoms with van der Waals surface area (Å²) in [5.74, 6) is -1.41. The van der Waals surface area contributed by atoms with Crippen LogP contribution in [0.1, 0.15) is 61.7 Å². The zero-order chi connectivity index (χ0) is 35.1. The second kappa shape index (κ2) is 15.8. The highest BCUT2D eigenvalue weighted by Crippen LogP contribution is 2.25. The summed E-state index contributed by atoms with van der Waals surface area (Å²) in [6, 6.07) is 12.5. The number of nitrogens with zero attached hydrogens (tertiary/aromatic N) is 2. The summed E-state index contributed by atoms with van der Waals surface area (Å²) >= 11 is 0. The highest BCUT2D eigenvalue weighted by Gasteiger charge is 2.38. The van der Waals surface area contributed by atoms with E-state index in [0.717, 1.165) is 5.56 Å². The molecule has 0 unspecified atom stereocenters. The molecule has 5 amide bonds. The van der Waals surface area contributed by atoms with Crippen LogP contribution in [-0.2, 0) is 25.6 Å². The first-order valence-corrected chi connectivity index (χ1v) is 16.7. The third-order valence-corrected chi connectivity index (χ3v) is 8.70. The Morgan fingerprint density at radius 1 is 1.00 bits per heavy atom. The fourth-order valence-electron chi connectivity index (χ4n) is 6.16. The topological polar surface area (TPSA) is 172 Å². The molecule has 1 saturated heterocycles. The van der Waals surface area contributed by atoms with Gasteiger partial charge in [-0.15, -0.1) is 0 Å². The molecule has 3 aliphatic rings. The molecule has 0 saturated carbocycles. The number of benzene rings is 2. The van der Waals surface area contributed by atoms with Crippen LogP contribution in [0.2, 0.25) is 0 Å². The largest absolute Gasteiger partial charge is 0.492 e. The summed E-state index contributed by atoms with van der Waals surface area (Å²) in [4.78, 5) is 69.5. The van der Waals surface area contributed by atoms with Gasteiger partial charge in [0, 0.05) is 18.5 Å². The van der Waals surface area contributed by atoms with Crippen molar-refractivity contribution >= 4 is 29.5 Å². The quantitative estimate of drug-likeness (QED) is 0.320. The van der Waals surface area contributed by atoms with E-state index in [-0.39, 0.29) is 48.6 Å². The van der Waals surface area contributed by atoms with E-state index in [9.17, 15) is 24.0 Å². The average molecular weight is 673 g/mol. The molecule has 1 aromatic heterocycles. The first-order chi connectivity index (χ1) is 23.5. The molecule has 0 aliphatic carbocycles. The van der Waals surface area contributed by atoms with Crippen LogP contribution in [0, 0.1) is 12.8 Å². The Morgan fingerprint density at radius 2 is 1.73 bits per heavy atom. The van der Waals surface area contributed by atoms with Gasteiger partial charge in [0.15, 0.2) is 0 Å². The van der Waals surface area contributed by atoms with E-state index in [1.165, 1.54) is 11.8 Å².